The third-order valence-corrected chi connectivity index (χ3v) is 5.31. The zero-order chi connectivity index (χ0) is 19.8. The van der Waals surface area contributed by atoms with Crippen molar-refractivity contribution >= 4 is 28.2 Å². The van der Waals surface area contributed by atoms with Crippen molar-refractivity contribution in [1.82, 2.24) is 0 Å². The molecule has 0 aliphatic carbocycles. The summed E-state index contributed by atoms with van der Waals surface area (Å²) in [4.78, 5) is 32.6. The number of ketones is 1. The third-order valence-electron chi connectivity index (χ3n) is 3.62. The molecule has 0 aromatic heterocycles. The Morgan fingerprint density at radius 3 is 2.38 bits per heavy atom. The Kier molecular flexibility index (Phi) is 13.7. The third kappa shape index (κ3) is 11.9. The molecule has 1 radical (unpaired) electrons. The monoisotopic (exact) mass is 391 g/mol. The maximum Gasteiger partial charge on any atom is 0.327 e. The van der Waals surface area contributed by atoms with Crippen LogP contribution >= 0.6 is 0 Å². The van der Waals surface area contributed by atoms with Crippen LogP contribution in [0.1, 0.15) is 57.8 Å². The highest BCUT2D eigenvalue weighted by Crippen LogP contribution is 2.18. The Balaban J connectivity index is 4.32. The fraction of sp³-hybridized carbons (Fsp3) is 0.706. The van der Waals surface area contributed by atoms with Gasteiger partial charge in [0.2, 0.25) is 0 Å². The molecule has 0 aromatic carbocycles. The molecule has 0 aromatic rings. The Morgan fingerprint density at radius 1 is 1.12 bits per heavy atom. The average Bonchev–Trinajstić information content (AvgIpc) is 2.59. The van der Waals surface area contributed by atoms with Crippen LogP contribution in [0.2, 0.25) is 0 Å². The second kappa shape index (κ2) is 14.6. The molecule has 0 aliphatic rings. The lowest BCUT2D eigenvalue weighted by atomic mass is 10.0. The number of Topliss-reactive ketones (excluding diaryl/α,β-unsaturated/α-hetero) is 1. The fourth-order valence-corrected chi connectivity index (χ4v) is 3.71. The van der Waals surface area contributed by atoms with Crippen molar-refractivity contribution < 1.29 is 37.2 Å². The van der Waals surface area contributed by atoms with Crippen molar-refractivity contribution in [2.24, 2.45) is 0 Å². The van der Waals surface area contributed by atoms with Crippen molar-refractivity contribution in [3.63, 3.8) is 0 Å². The molecular formula is C17H27O8S. The standard InChI is InChI=1S/C17H27O8S/c18-12-8-9-15(20)16(26(23,24)25-14-13-19)10-6-4-2-1-3-5-7-11-17(21)22/h7,11,16,19H,1-6,8-10,13-14H2,(H,21,22). The predicted octanol–water partition coefficient (Wildman–Crippen LogP) is 1.52. The maximum absolute atomic E-state index is 12.1. The molecule has 2 N–H and O–H groups in total. The fourth-order valence-electron chi connectivity index (χ4n) is 2.34. The first-order valence-electron chi connectivity index (χ1n) is 8.61. The number of aliphatic carboxylic acids is 1. The molecular weight excluding hydrogens is 364 g/mol. The molecule has 0 fully saturated rings. The van der Waals surface area contributed by atoms with Crippen LogP contribution in [-0.2, 0) is 28.7 Å². The van der Waals surface area contributed by atoms with Crippen molar-refractivity contribution in [3.8, 4) is 0 Å². The molecule has 26 heavy (non-hydrogen) atoms. The molecule has 1 atom stereocenters. The van der Waals surface area contributed by atoms with Gasteiger partial charge in [-0.15, -0.1) is 0 Å². The summed E-state index contributed by atoms with van der Waals surface area (Å²) < 4.78 is 28.8. The summed E-state index contributed by atoms with van der Waals surface area (Å²) >= 11 is 0. The molecule has 9 heteroatoms. The molecule has 0 amide bonds. The van der Waals surface area contributed by atoms with Crippen LogP contribution in [-0.4, -0.2) is 55.1 Å². The van der Waals surface area contributed by atoms with Crippen LogP contribution in [0.25, 0.3) is 0 Å². The highest BCUT2D eigenvalue weighted by Gasteiger charge is 2.32. The summed E-state index contributed by atoms with van der Waals surface area (Å²) in [5.74, 6) is -1.55. The van der Waals surface area contributed by atoms with E-state index in [0.717, 1.165) is 31.8 Å². The van der Waals surface area contributed by atoms with E-state index < -0.39 is 40.3 Å². The van der Waals surface area contributed by atoms with Gasteiger partial charge in [0.25, 0.3) is 10.1 Å². The first-order chi connectivity index (χ1) is 12.3. The highest BCUT2D eigenvalue weighted by molar-refractivity contribution is 7.88. The van der Waals surface area contributed by atoms with Gasteiger partial charge >= 0.3 is 5.97 Å². The van der Waals surface area contributed by atoms with Gasteiger partial charge in [-0.3, -0.25) is 13.8 Å². The van der Waals surface area contributed by atoms with Crippen LogP contribution in [0.5, 0.6) is 0 Å². The minimum atomic E-state index is -4.13. The van der Waals surface area contributed by atoms with E-state index in [1.807, 2.05) is 0 Å². The van der Waals surface area contributed by atoms with Gasteiger partial charge in [-0.25, -0.2) is 4.79 Å². The van der Waals surface area contributed by atoms with Gasteiger partial charge in [-0.05, 0) is 19.3 Å². The van der Waals surface area contributed by atoms with Gasteiger partial charge in [0.1, 0.15) is 5.25 Å². The lowest BCUT2D eigenvalue weighted by molar-refractivity contribution is -0.131. The number of allylic oxidation sites excluding steroid dienone is 1. The highest BCUT2D eigenvalue weighted by atomic mass is 32.2. The van der Waals surface area contributed by atoms with Crippen molar-refractivity contribution in [3.05, 3.63) is 12.2 Å². The van der Waals surface area contributed by atoms with Crippen LogP contribution in [0, 0.1) is 0 Å². The minimum Gasteiger partial charge on any atom is -0.478 e. The molecule has 8 nitrogen and oxygen atoms in total. The van der Waals surface area contributed by atoms with Crippen LogP contribution in [0.3, 0.4) is 0 Å². The number of aliphatic hydroxyl groups is 1. The summed E-state index contributed by atoms with van der Waals surface area (Å²) in [5, 5.41) is 15.8. The summed E-state index contributed by atoms with van der Waals surface area (Å²) in [7, 11) is -4.13. The predicted molar refractivity (Wildman–Crippen MR) is 94.8 cm³/mol. The molecule has 0 heterocycles. The van der Waals surface area contributed by atoms with Gasteiger partial charge in [0.05, 0.1) is 13.2 Å². The zero-order valence-electron chi connectivity index (χ0n) is 14.8. The zero-order valence-corrected chi connectivity index (χ0v) is 15.6. The van der Waals surface area contributed by atoms with E-state index in [-0.39, 0.29) is 19.3 Å². The van der Waals surface area contributed by atoms with E-state index in [2.05, 4.69) is 4.18 Å². The number of carboxylic acid groups (broad SMARTS) is 1. The Labute approximate surface area is 154 Å². The van der Waals surface area contributed by atoms with Crippen molar-refractivity contribution in [2.45, 2.75) is 63.0 Å². The van der Waals surface area contributed by atoms with Crippen molar-refractivity contribution in [1.29, 1.82) is 0 Å². The number of rotatable bonds is 17. The van der Waals surface area contributed by atoms with E-state index in [0.29, 0.717) is 12.8 Å². The quantitative estimate of drug-likeness (QED) is 0.216. The summed E-state index contributed by atoms with van der Waals surface area (Å²) in [6.07, 6.45) is 8.44. The molecule has 0 spiro atoms. The normalized spacial score (nSPS) is 13.0. The van der Waals surface area contributed by atoms with Gasteiger partial charge in [-0.2, -0.15) is 8.42 Å². The first-order valence-corrected chi connectivity index (χ1v) is 10.1. The second-order valence-electron chi connectivity index (χ2n) is 5.72. The molecule has 0 aliphatic heterocycles. The van der Waals surface area contributed by atoms with E-state index in [4.69, 9.17) is 10.2 Å². The molecule has 0 saturated heterocycles. The van der Waals surface area contributed by atoms with Crippen LogP contribution < -0.4 is 0 Å². The Hall–Kier alpha value is -1.58. The van der Waals surface area contributed by atoms with Crippen molar-refractivity contribution in [2.75, 3.05) is 13.2 Å². The van der Waals surface area contributed by atoms with Gasteiger partial charge in [0, 0.05) is 18.9 Å². The average molecular weight is 391 g/mol. The number of hydrogen-bond acceptors (Lipinski definition) is 7. The smallest absolute Gasteiger partial charge is 0.327 e. The Bertz CT molecular complexity index is 553. The topological polar surface area (TPSA) is 135 Å². The van der Waals surface area contributed by atoms with E-state index in [1.54, 1.807) is 12.4 Å². The molecule has 0 saturated carbocycles. The minimum absolute atomic E-state index is 0.102. The lowest BCUT2D eigenvalue weighted by Crippen LogP contribution is -2.32. The van der Waals surface area contributed by atoms with Gasteiger partial charge in [-0.1, -0.05) is 31.8 Å². The van der Waals surface area contributed by atoms with Crippen LogP contribution in [0.15, 0.2) is 12.2 Å². The number of unbranched alkanes of at least 4 members (excludes halogenated alkanes) is 5. The number of carbonyl (C=O) groups is 2. The Morgan fingerprint density at radius 2 is 1.77 bits per heavy atom. The van der Waals surface area contributed by atoms with E-state index in [9.17, 15) is 22.8 Å². The van der Waals surface area contributed by atoms with E-state index in [1.165, 1.54) is 0 Å². The number of hydrogen-bond donors (Lipinski definition) is 2. The van der Waals surface area contributed by atoms with Crippen LogP contribution in [0.4, 0.5) is 0 Å². The first kappa shape index (κ1) is 24.4. The largest absolute Gasteiger partial charge is 0.478 e. The SMILES string of the molecule is O=[C]CCC(=O)C(CCCCCCCC=CC(=O)O)S(=O)(=O)OCCO. The number of aliphatic hydroxyl groups excluding tert-OH is 1. The molecule has 149 valence electrons. The van der Waals surface area contributed by atoms with Gasteiger partial charge < -0.3 is 10.2 Å². The lowest BCUT2D eigenvalue weighted by Gasteiger charge is -2.15. The van der Waals surface area contributed by atoms with Gasteiger partial charge in [0.15, 0.2) is 12.1 Å². The molecule has 0 rings (SSSR count). The molecule has 0 bridgehead atoms. The maximum atomic E-state index is 12.1. The second-order valence-corrected chi connectivity index (χ2v) is 7.51. The molecule has 1 unspecified atom stereocenters. The summed E-state index contributed by atoms with van der Waals surface area (Å²) in [5.41, 5.74) is 0. The number of carboxylic acids is 1. The van der Waals surface area contributed by atoms with E-state index >= 15 is 0 Å². The summed E-state index contributed by atoms with van der Waals surface area (Å²) in [6.45, 7) is -0.881. The summed E-state index contributed by atoms with van der Waals surface area (Å²) in [6, 6.07) is 0. The number of carbonyl (C=O) groups excluding carboxylic acids is 2.